The van der Waals surface area contributed by atoms with Crippen molar-refractivity contribution in [3.63, 3.8) is 0 Å². The van der Waals surface area contributed by atoms with Gasteiger partial charge < -0.3 is 19.5 Å². The van der Waals surface area contributed by atoms with E-state index in [2.05, 4.69) is 37.1 Å². The van der Waals surface area contributed by atoms with E-state index >= 15 is 0 Å². The highest BCUT2D eigenvalue weighted by Gasteiger charge is 2.56. The second-order valence-electron chi connectivity index (χ2n) is 8.79. The fraction of sp³-hybridized carbons (Fsp3) is 0.545. The van der Waals surface area contributed by atoms with Gasteiger partial charge in [0, 0.05) is 17.6 Å². The Morgan fingerprint density at radius 2 is 1.97 bits per heavy atom. The van der Waals surface area contributed by atoms with Crippen molar-refractivity contribution in [1.29, 1.82) is 0 Å². The molecule has 9 nitrogen and oxygen atoms in total. The first-order valence-electron chi connectivity index (χ1n) is 10.9. The summed E-state index contributed by atoms with van der Waals surface area (Å²) in [6, 6.07) is 0.434. The molecule has 3 aromatic rings. The number of hydrogen-bond acceptors (Lipinski definition) is 9. The van der Waals surface area contributed by atoms with E-state index in [1.807, 2.05) is 23.8 Å². The molecule has 0 bridgehead atoms. The van der Waals surface area contributed by atoms with Crippen LogP contribution in [0.2, 0.25) is 0 Å². The van der Waals surface area contributed by atoms with E-state index < -0.39 is 18.1 Å². The zero-order valence-electron chi connectivity index (χ0n) is 17.9. The Hall–Kier alpha value is -2.58. The number of aromatic nitrogens is 5. The molecular formula is C22H24N6O3S. The minimum atomic E-state index is -0.723. The van der Waals surface area contributed by atoms with Crippen LogP contribution in [0.3, 0.4) is 0 Å². The van der Waals surface area contributed by atoms with Gasteiger partial charge in [0.25, 0.3) is 0 Å². The predicted octanol–water partition coefficient (Wildman–Crippen LogP) is 3.11. The van der Waals surface area contributed by atoms with E-state index in [4.69, 9.17) is 14.2 Å². The summed E-state index contributed by atoms with van der Waals surface area (Å²) in [6.07, 6.45) is 8.28. The highest BCUT2D eigenvalue weighted by Crippen LogP contribution is 2.43. The molecule has 0 unspecified atom stereocenters. The Balaban J connectivity index is 1.33. The van der Waals surface area contributed by atoms with Gasteiger partial charge in [-0.15, -0.1) is 11.3 Å². The lowest BCUT2D eigenvalue weighted by Gasteiger charge is -2.23. The molecule has 2 aliphatic heterocycles. The van der Waals surface area contributed by atoms with Crippen molar-refractivity contribution in [2.75, 3.05) is 5.32 Å². The van der Waals surface area contributed by atoms with E-state index in [0.717, 1.165) is 29.2 Å². The largest absolute Gasteiger partial charge is 0.365 e. The first kappa shape index (κ1) is 20.1. The van der Waals surface area contributed by atoms with Crippen molar-refractivity contribution in [3.8, 4) is 11.8 Å². The summed E-state index contributed by atoms with van der Waals surface area (Å²) in [5.74, 6) is 6.32. The molecule has 2 saturated heterocycles. The summed E-state index contributed by atoms with van der Waals surface area (Å²) in [5.41, 5.74) is 1.43. The van der Waals surface area contributed by atoms with Crippen LogP contribution in [-0.2, 0) is 14.2 Å². The van der Waals surface area contributed by atoms with Crippen LogP contribution in [0.15, 0.2) is 24.2 Å². The van der Waals surface area contributed by atoms with E-state index in [1.54, 1.807) is 18.9 Å². The normalized spacial score (nSPS) is 29.2. The molecule has 3 aromatic heterocycles. The van der Waals surface area contributed by atoms with E-state index in [0.29, 0.717) is 11.7 Å². The highest BCUT2D eigenvalue weighted by atomic mass is 32.1. The van der Waals surface area contributed by atoms with Gasteiger partial charge in [-0.05, 0) is 32.6 Å². The van der Waals surface area contributed by atoms with Gasteiger partial charge in [0.15, 0.2) is 34.0 Å². The maximum Gasteiger partial charge on any atom is 0.167 e. The quantitative estimate of drug-likeness (QED) is 0.606. The number of ether oxygens (including phenoxy) is 3. The molecule has 3 aliphatic rings. The summed E-state index contributed by atoms with van der Waals surface area (Å²) in [6.45, 7) is 3.82. The van der Waals surface area contributed by atoms with E-state index in [1.165, 1.54) is 24.2 Å². The minimum Gasteiger partial charge on any atom is -0.365 e. The maximum atomic E-state index is 6.34. The number of thiazole rings is 1. The van der Waals surface area contributed by atoms with Crippen molar-refractivity contribution in [3.05, 3.63) is 29.2 Å². The third-order valence-electron chi connectivity index (χ3n) is 6.11. The molecule has 0 radical (unpaired) electrons. The Morgan fingerprint density at radius 3 is 2.78 bits per heavy atom. The number of nitrogens with zero attached hydrogens (tertiary/aromatic N) is 5. The molecule has 6 rings (SSSR count). The minimum absolute atomic E-state index is 0.321. The van der Waals surface area contributed by atoms with Crippen molar-refractivity contribution in [2.24, 2.45) is 0 Å². The standard InChI is InChI=1S/C22H24N6O3S/c1-22(2)30-17-14(7-8-15-23-9-10-32-15)29-21(18(17)31-22)28-12-26-16-19(24-11-25-20(16)28)27-13-5-3-4-6-13/h9-14,17-18,21H,3-6H2,1-2H3,(H,24,25,27)/t14-,17-,18-,21-/m1/s1. The van der Waals surface area contributed by atoms with Crippen molar-refractivity contribution in [2.45, 2.75) is 75.9 Å². The Morgan fingerprint density at radius 1 is 1.12 bits per heavy atom. The SMILES string of the molecule is CC1(C)O[C@@H]2[C@H](O1)[C@@H](C#Cc1nccs1)O[C@H]2n1cnc2c(NC3CCCC3)ncnc21. The molecule has 0 aromatic carbocycles. The molecule has 1 N–H and O–H groups in total. The van der Waals surface area contributed by atoms with Gasteiger partial charge in [0.05, 0.1) is 6.33 Å². The Bertz CT molecular complexity index is 1180. The van der Waals surface area contributed by atoms with Gasteiger partial charge in [-0.2, -0.15) is 0 Å². The van der Waals surface area contributed by atoms with E-state index in [9.17, 15) is 0 Å². The molecule has 0 spiro atoms. The van der Waals surface area contributed by atoms with Crippen molar-refractivity contribution >= 4 is 28.3 Å². The van der Waals surface area contributed by atoms with Crippen LogP contribution in [0, 0.1) is 11.8 Å². The van der Waals surface area contributed by atoms with E-state index in [-0.39, 0.29) is 12.2 Å². The molecule has 0 amide bonds. The molecule has 5 heterocycles. The lowest BCUT2D eigenvalue weighted by atomic mass is 10.1. The predicted molar refractivity (Wildman–Crippen MR) is 118 cm³/mol. The highest BCUT2D eigenvalue weighted by molar-refractivity contribution is 7.10. The lowest BCUT2D eigenvalue weighted by Crippen LogP contribution is -2.28. The summed E-state index contributed by atoms with van der Waals surface area (Å²) in [4.78, 5) is 17.8. The maximum absolute atomic E-state index is 6.34. The average Bonchev–Trinajstić information content (AvgIpc) is 3.56. The van der Waals surface area contributed by atoms with Crippen LogP contribution in [0.1, 0.15) is 50.8 Å². The molecule has 1 aliphatic carbocycles. The second kappa shape index (κ2) is 7.78. The molecular weight excluding hydrogens is 428 g/mol. The first-order chi connectivity index (χ1) is 15.6. The van der Waals surface area contributed by atoms with Crippen LogP contribution in [0.4, 0.5) is 5.82 Å². The number of anilines is 1. The number of rotatable bonds is 3. The summed E-state index contributed by atoms with van der Waals surface area (Å²) in [7, 11) is 0. The van der Waals surface area contributed by atoms with Gasteiger partial charge in [0.1, 0.15) is 24.6 Å². The molecule has 166 valence electrons. The average molecular weight is 453 g/mol. The van der Waals surface area contributed by atoms with Gasteiger partial charge in [-0.3, -0.25) is 4.57 Å². The van der Waals surface area contributed by atoms with Gasteiger partial charge in [-0.25, -0.2) is 19.9 Å². The smallest absolute Gasteiger partial charge is 0.167 e. The lowest BCUT2D eigenvalue weighted by molar-refractivity contribution is -0.190. The molecule has 10 heteroatoms. The Labute approximate surface area is 189 Å². The zero-order valence-corrected chi connectivity index (χ0v) is 18.7. The second-order valence-corrected chi connectivity index (χ2v) is 9.69. The van der Waals surface area contributed by atoms with Crippen LogP contribution in [0.25, 0.3) is 11.2 Å². The molecule has 4 atom stereocenters. The zero-order chi connectivity index (χ0) is 21.7. The van der Waals surface area contributed by atoms with Crippen LogP contribution < -0.4 is 5.32 Å². The topological polar surface area (TPSA) is 96.2 Å². The van der Waals surface area contributed by atoms with Crippen LogP contribution >= 0.6 is 11.3 Å². The van der Waals surface area contributed by atoms with Crippen molar-refractivity contribution in [1.82, 2.24) is 24.5 Å². The van der Waals surface area contributed by atoms with Gasteiger partial charge in [-0.1, -0.05) is 18.8 Å². The molecule has 1 saturated carbocycles. The fourth-order valence-electron chi connectivity index (χ4n) is 4.74. The first-order valence-corrected chi connectivity index (χ1v) is 11.8. The molecule has 32 heavy (non-hydrogen) atoms. The fourth-order valence-corrected chi connectivity index (χ4v) is 5.23. The van der Waals surface area contributed by atoms with Gasteiger partial charge in [0.2, 0.25) is 0 Å². The van der Waals surface area contributed by atoms with Crippen molar-refractivity contribution < 1.29 is 14.2 Å². The monoisotopic (exact) mass is 452 g/mol. The number of hydrogen-bond donors (Lipinski definition) is 1. The number of imidazole rings is 1. The number of nitrogens with one attached hydrogen (secondary N) is 1. The molecule has 3 fully saturated rings. The third kappa shape index (κ3) is 3.55. The summed E-state index contributed by atoms with van der Waals surface area (Å²) >= 11 is 1.49. The number of fused-ring (bicyclic) bond motifs is 2. The van der Waals surface area contributed by atoms with Crippen LogP contribution in [-0.4, -0.2) is 54.6 Å². The Kier molecular flexibility index (Phi) is 4.87. The van der Waals surface area contributed by atoms with Gasteiger partial charge >= 0.3 is 0 Å². The summed E-state index contributed by atoms with van der Waals surface area (Å²) < 4.78 is 20.6. The van der Waals surface area contributed by atoms with Crippen LogP contribution in [0.5, 0.6) is 0 Å². The third-order valence-corrected chi connectivity index (χ3v) is 6.80. The summed E-state index contributed by atoms with van der Waals surface area (Å²) in [5, 5.41) is 6.19.